The highest BCUT2D eigenvalue weighted by Crippen LogP contribution is 2.28. The minimum Gasteiger partial charge on any atom is -0.493 e. The number of benzene rings is 3. The lowest BCUT2D eigenvalue weighted by molar-refractivity contribution is -0.123. The Bertz CT molecular complexity index is 1710. The van der Waals surface area contributed by atoms with Gasteiger partial charge in [0.05, 0.1) is 20.6 Å². The molecule has 0 fully saturated rings. The van der Waals surface area contributed by atoms with E-state index < -0.39 is 0 Å². The number of carbonyl (C=O) groups is 2. The lowest BCUT2D eigenvalue weighted by Crippen LogP contribution is -2.36. The molecule has 2 heterocycles. The summed E-state index contributed by atoms with van der Waals surface area (Å²) < 4.78 is 12.7. The van der Waals surface area contributed by atoms with E-state index in [1.165, 1.54) is 0 Å². The van der Waals surface area contributed by atoms with Gasteiger partial charge in [-0.05, 0) is 47.9 Å². The van der Waals surface area contributed by atoms with Crippen LogP contribution in [0, 0.1) is 0 Å². The van der Waals surface area contributed by atoms with E-state index in [-0.39, 0.29) is 23.9 Å². The molecule has 0 aliphatic carbocycles. The minimum atomic E-state index is -0.353. The number of carbonyl (C=O) groups excluding carboxylic acids is 2. The van der Waals surface area contributed by atoms with E-state index in [1.807, 2.05) is 66.5 Å². The number of nitrogens with one attached hydrogen (secondary N) is 3. The first-order valence-electron chi connectivity index (χ1n) is 13.1. The summed E-state index contributed by atoms with van der Waals surface area (Å²) in [5, 5.41) is 7.95. The molecule has 0 aliphatic rings. The van der Waals surface area contributed by atoms with Gasteiger partial charge in [0.25, 0.3) is 5.91 Å². The molecule has 3 aromatic carbocycles. The highest BCUT2D eigenvalue weighted by Gasteiger charge is 2.16. The van der Waals surface area contributed by atoms with E-state index >= 15 is 0 Å². The van der Waals surface area contributed by atoms with Crippen LogP contribution < -0.4 is 20.1 Å². The van der Waals surface area contributed by atoms with Crippen molar-refractivity contribution >= 4 is 39.7 Å². The summed E-state index contributed by atoms with van der Waals surface area (Å²) >= 11 is 0. The van der Waals surface area contributed by atoms with Crippen LogP contribution in [-0.2, 0) is 29.5 Å². The molecule has 0 atom stereocenters. The predicted molar refractivity (Wildman–Crippen MR) is 157 cm³/mol. The molecule has 2 aromatic heterocycles. The van der Waals surface area contributed by atoms with Gasteiger partial charge in [-0.1, -0.05) is 42.5 Å². The molecule has 204 valence electrons. The van der Waals surface area contributed by atoms with Gasteiger partial charge in [0.2, 0.25) is 5.91 Å². The normalized spacial score (nSPS) is 11.5. The number of H-pyrrole nitrogens is 1. The number of aryl methyl sites for hydroxylation is 1. The number of para-hydroxylation sites is 2. The van der Waals surface area contributed by atoms with Crippen molar-refractivity contribution in [1.82, 2.24) is 20.2 Å². The Morgan fingerprint density at radius 1 is 0.950 bits per heavy atom. The first-order valence-corrected chi connectivity index (χ1v) is 13.1. The highest BCUT2D eigenvalue weighted by atomic mass is 16.5. The largest absolute Gasteiger partial charge is 0.493 e. The number of amides is 2. The molecule has 3 N–H and O–H groups in total. The zero-order valence-corrected chi connectivity index (χ0v) is 22.8. The topological polar surface area (TPSA) is 97.4 Å². The minimum absolute atomic E-state index is 0.0653. The summed E-state index contributed by atoms with van der Waals surface area (Å²) in [6.45, 7) is 0.416. The summed E-state index contributed by atoms with van der Waals surface area (Å²) in [5.74, 6) is 0.450. The van der Waals surface area contributed by atoms with Gasteiger partial charge in [0.1, 0.15) is 5.70 Å². The van der Waals surface area contributed by atoms with Crippen molar-refractivity contribution in [2.24, 2.45) is 7.05 Å². The van der Waals surface area contributed by atoms with Crippen LogP contribution in [0.15, 0.2) is 84.8 Å². The number of aromatic nitrogens is 2. The number of rotatable bonds is 10. The monoisotopic (exact) mass is 536 g/mol. The molecule has 0 saturated heterocycles. The average molecular weight is 537 g/mol. The van der Waals surface area contributed by atoms with Crippen molar-refractivity contribution in [3.63, 3.8) is 0 Å². The maximum atomic E-state index is 13.4. The molecule has 0 saturated carbocycles. The maximum Gasteiger partial charge on any atom is 0.267 e. The molecule has 0 radical (unpaired) electrons. The second-order valence-corrected chi connectivity index (χ2v) is 9.55. The molecule has 5 rings (SSSR count). The zero-order chi connectivity index (χ0) is 28.1. The Morgan fingerprint density at radius 2 is 1.70 bits per heavy atom. The van der Waals surface area contributed by atoms with Gasteiger partial charge in [-0.3, -0.25) is 9.59 Å². The van der Waals surface area contributed by atoms with Crippen molar-refractivity contribution in [2.75, 3.05) is 20.8 Å². The van der Waals surface area contributed by atoms with Crippen LogP contribution in [0.3, 0.4) is 0 Å². The lowest BCUT2D eigenvalue weighted by atomic mass is 10.1. The summed E-state index contributed by atoms with van der Waals surface area (Å²) in [5.41, 5.74) is 4.96. The van der Waals surface area contributed by atoms with Gasteiger partial charge >= 0.3 is 0 Å². The van der Waals surface area contributed by atoms with Crippen molar-refractivity contribution in [2.45, 2.75) is 12.8 Å². The second-order valence-electron chi connectivity index (χ2n) is 9.55. The third-order valence-corrected chi connectivity index (χ3v) is 6.91. The third-order valence-electron chi connectivity index (χ3n) is 6.91. The number of aromatic amines is 1. The zero-order valence-electron chi connectivity index (χ0n) is 22.8. The van der Waals surface area contributed by atoms with Crippen LogP contribution in [0.25, 0.3) is 27.9 Å². The van der Waals surface area contributed by atoms with Crippen molar-refractivity contribution in [1.29, 1.82) is 0 Å². The predicted octanol–water partition coefficient (Wildman–Crippen LogP) is 4.74. The summed E-state index contributed by atoms with van der Waals surface area (Å²) in [4.78, 5) is 29.8. The van der Waals surface area contributed by atoms with Gasteiger partial charge in [-0.25, -0.2) is 0 Å². The van der Waals surface area contributed by atoms with Crippen LogP contribution in [0.5, 0.6) is 11.5 Å². The number of hydrogen-bond acceptors (Lipinski definition) is 4. The van der Waals surface area contributed by atoms with Gasteiger partial charge in [0, 0.05) is 53.4 Å². The number of methoxy groups -OCH3 is 2. The Balaban J connectivity index is 1.36. The fraction of sp³-hybridized carbons (Fsp3) is 0.188. The molecule has 0 aliphatic heterocycles. The van der Waals surface area contributed by atoms with E-state index in [2.05, 4.69) is 21.7 Å². The summed E-state index contributed by atoms with van der Waals surface area (Å²) in [6.07, 6.45) is 6.36. The van der Waals surface area contributed by atoms with Crippen LogP contribution >= 0.6 is 0 Å². The molecule has 0 spiro atoms. The second kappa shape index (κ2) is 11.8. The molecule has 0 bridgehead atoms. The number of ether oxygens (including phenoxy) is 2. The van der Waals surface area contributed by atoms with E-state index in [0.717, 1.165) is 38.5 Å². The standard InChI is InChI=1S/C32H32N4O4/c1-36-20-23(25-9-5-7-11-28(25)36)18-27(35-31(37)17-21-12-13-29(39-2)30(16-21)40-3)32(38)33-15-14-22-19-34-26-10-6-4-8-24(22)26/h4-13,16,18-20,34H,14-15,17H2,1-3H3,(H,33,38)(H,35,37)/b27-18-. The van der Waals surface area contributed by atoms with Crippen LogP contribution in [0.4, 0.5) is 0 Å². The fourth-order valence-corrected chi connectivity index (χ4v) is 4.92. The number of nitrogens with zero attached hydrogens (tertiary/aromatic N) is 1. The Labute approximate surface area is 232 Å². The fourth-order valence-electron chi connectivity index (χ4n) is 4.92. The van der Waals surface area contributed by atoms with Crippen molar-refractivity contribution in [3.05, 3.63) is 102 Å². The van der Waals surface area contributed by atoms with Gasteiger partial charge in [-0.15, -0.1) is 0 Å². The van der Waals surface area contributed by atoms with E-state index in [4.69, 9.17) is 9.47 Å². The molecule has 5 aromatic rings. The third kappa shape index (κ3) is 5.71. The van der Waals surface area contributed by atoms with Crippen LogP contribution in [-0.4, -0.2) is 42.1 Å². The van der Waals surface area contributed by atoms with E-state index in [0.29, 0.717) is 24.5 Å². The SMILES string of the molecule is COc1ccc(CC(=O)N/C(=C\c2cn(C)c3ccccc23)C(=O)NCCc2c[nH]c3ccccc23)cc1OC. The summed E-state index contributed by atoms with van der Waals surface area (Å²) in [7, 11) is 5.06. The van der Waals surface area contributed by atoms with E-state index in [9.17, 15) is 9.59 Å². The van der Waals surface area contributed by atoms with E-state index in [1.54, 1.807) is 38.5 Å². The Morgan fingerprint density at radius 3 is 2.50 bits per heavy atom. The first kappa shape index (κ1) is 26.6. The average Bonchev–Trinajstić information content (AvgIpc) is 3.53. The van der Waals surface area contributed by atoms with Crippen LogP contribution in [0.1, 0.15) is 16.7 Å². The maximum absolute atomic E-state index is 13.4. The number of hydrogen-bond donors (Lipinski definition) is 3. The van der Waals surface area contributed by atoms with Gasteiger partial charge in [0.15, 0.2) is 11.5 Å². The van der Waals surface area contributed by atoms with Gasteiger partial charge < -0.3 is 29.7 Å². The molecule has 8 nitrogen and oxygen atoms in total. The van der Waals surface area contributed by atoms with Crippen molar-refractivity contribution in [3.8, 4) is 11.5 Å². The molecular weight excluding hydrogens is 504 g/mol. The van der Waals surface area contributed by atoms with Gasteiger partial charge in [-0.2, -0.15) is 0 Å². The Kier molecular flexibility index (Phi) is 7.87. The summed E-state index contributed by atoms with van der Waals surface area (Å²) in [6, 6.07) is 21.3. The molecule has 40 heavy (non-hydrogen) atoms. The Hall–Kier alpha value is -4.98. The lowest BCUT2D eigenvalue weighted by Gasteiger charge is -2.12. The molecule has 0 unspecified atom stereocenters. The smallest absolute Gasteiger partial charge is 0.267 e. The molecule has 8 heteroatoms. The highest BCUT2D eigenvalue weighted by molar-refractivity contribution is 6.03. The molecular formula is C32H32N4O4. The first-order chi connectivity index (χ1) is 19.5. The van der Waals surface area contributed by atoms with Crippen molar-refractivity contribution < 1.29 is 19.1 Å². The number of fused-ring (bicyclic) bond motifs is 2. The quantitative estimate of drug-likeness (QED) is 0.225. The molecule has 2 amide bonds. The van der Waals surface area contributed by atoms with Crippen LogP contribution in [0.2, 0.25) is 0 Å².